The van der Waals surface area contributed by atoms with E-state index in [1.807, 2.05) is 74.7 Å². The molecule has 7 nitrogen and oxygen atoms in total. The van der Waals surface area contributed by atoms with Gasteiger partial charge < -0.3 is 9.84 Å². The third-order valence-electron chi connectivity index (χ3n) is 4.78. The van der Waals surface area contributed by atoms with E-state index < -0.39 is 17.7 Å². The third kappa shape index (κ3) is 5.35. The molecule has 0 radical (unpaired) electrons. The highest BCUT2D eigenvalue weighted by Crippen LogP contribution is 2.37. The normalized spacial score (nSPS) is 11.4. The lowest BCUT2D eigenvalue weighted by atomic mass is 10.0. The predicted molar refractivity (Wildman–Crippen MR) is 129 cm³/mol. The van der Waals surface area contributed by atoms with Crippen LogP contribution in [0.1, 0.15) is 26.3 Å². The molecule has 168 valence electrons. The molecule has 2 aromatic carbocycles. The molecule has 4 rings (SSSR count). The van der Waals surface area contributed by atoms with Crippen LogP contribution >= 0.6 is 11.3 Å². The summed E-state index contributed by atoms with van der Waals surface area (Å²) in [6, 6.07) is 14.9. The van der Waals surface area contributed by atoms with Gasteiger partial charge in [-0.05, 0) is 44.0 Å². The topological polar surface area (TPSA) is 101 Å². The summed E-state index contributed by atoms with van der Waals surface area (Å²) in [6.45, 7) is 5.45. The zero-order valence-corrected chi connectivity index (χ0v) is 19.3. The van der Waals surface area contributed by atoms with E-state index in [1.54, 1.807) is 17.7 Å². The number of hydrogen-bond donors (Lipinski definition) is 2. The van der Waals surface area contributed by atoms with Crippen LogP contribution in [-0.4, -0.2) is 32.7 Å². The van der Waals surface area contributed by atoms with Gasteiger partial charge in [-0.15, -0.1) is 11.3 Å². The van der Waals surface area contributed by atoms with E-state index in [0.717, 1.165) is 38.2 Å². The Morgan fingerprint density at radius 3 is 2.30 bits per heavy atom. The first-order chi connectivity index (χ1) is 15.7. The maximum atomic E-state index is 12.0. The average molecular weight is 462 g/mol. The molecule has 0 fully saturated rings. The van der Waals surface area contributed by atoms with Crippen LogP contribution in [0.2, 0.25) is 0 Å². The van der Waals surface area contributed by atoms with Crippen molar-refractivity contribution < 1.29 is 19.4 Å². The number of ether oxygens (including phenoxy) is 1. The largest absolute Gasteiger partial charge is 0.481 e. The standard InChI is InChI=1S/C25H23N3O4S/c1-25(2,3)32-24(31)28-18-10-8-17(9-11-18)21-23-22(27-14-26-21)19(13-33-23)16-6-4-15(5-7-16)12-20(29)30/h4-11,13-14H,12H2,1-3H3,(H,28,31)(H,29,30). The minimum absolute atomic E-state index is 0.00420. The molecule has 0 aliphatic carbocycles. The Hall–Kier alpha value is -3.78. The second-order valence-electron chi connectivity index (χ2n) is 8.52. The highest BCUT2D eigenvalue weighted by molar-refractivity contribution is 7.18. The van der Waals surface area contributed by atoms with Crippen LogP contribution in [0.25, 0.3) is 32.6 Å². The molecule has 0 spiro atoms. The lowest BCUT2D eigenvalue weighted by Crippen LogP contribution is -2.27. The Morgan fingerprint density at radius 2 is 1.67 bits per heavy atom. The Labute approximate surface area is 195 Å². The molecule has 0 atom stereocenters. The van der Waals surface area contributed by atoms with Gasteiger partial charge in [0.1, 0.15) is 11.9 Å². The zero-order valence-electron chi connectivity index (χ0n) is 18.5. The fraction of sp³-hybridized carbons (Fsp3) is 0.200. The molecule has 2 N–H and O–H groups in total. The molecule has 2 heterocycles. The van der Waals surface area contributed by atoms with Crippen LogP contribution in [0.4, 0.5) is 10.5 Å². The number of anilines is 1. The average Bonchev–Trinajstić information content (AvgIpc) is 3.17. The van der Waals surface area contributed by atoms with Gasteiger partial charge in [-0.25, -0.2) is 14.8 Å². The molecule has 2 aromatic heterocycles. The van der Waals surface area contributed by atoms with Crippen molar-refractivity contribution in [1.29, 1.82) is 0 Å². The summed E-state index contributed by atoms with van der Waals surface area (Å²) in [5.41, 5.74) is 5.31. The van der Waals surface area contributed by atoms with Gasteiger partial charge in [0, 0.05) is 22.2 Å². The lowest BCUT2D eigenvalue weighted by Gasteiger charge is -2.19. The highest BCUT2D eigenvalue weighted by atomic mass is 32.1. The summed E-state index contributed by atoms with van der Waals surface area (Å²) in [4.78, 5) is 31.9. The molecule has 4 aromatic rings. The van der Waals surface area contributed by atoms with Crippen molar-refractivity contribution in [2.75, 3.05) is 5.32 Å². The van der Waals surface area contributed by atoms with Crippen LogP contribution in [0.5, 0.6) is 0 Å². The van der Waals surface area contributed by atoms with Gasteiger partial charge in [0.05, 0.1) is 22.3 Å². The second kappa shape index (κ2) is 8.99. The SMILES string of the molecule is CC(C)(C)OC(=O)Nc1ccc(-c2ncnc3c(-c4ccc(CC(=O)O)cc4)csc23)cc1. The van der Waals surface area contributed by atoms with Gasteiger partial charge in [0.15, 0.2) is 0 Å². The summed E-state index contributed by atoms with van der Waals surface area (Å²) in [7, 11) is 0. The summed E-state index contributed by atoms with van der Waals surface area (Å²) in [5.74, 6) is -0.853. The zero-order chi connectivity index (χ0) is 23.6. The quantitative estimate of drug-likeness (QED) is 0.378. The number of nitrogens with zero attached hydrogens (tertiary/aromatic N) is 2. The first kappa shape index (κ1) is 22.4. The van der Waals surface area contributed by atoms with Crippen molar-refractivity contribution in [3.63, 3.8) is 0 Å². The highest BCUT2D eigenvalue weighted by Gasteiger charge is 2.17. The van der Waals surface area contributed by atoms with Gasteiger partial charge in [-0.1, -0.05) is 36.4 Å². The van der Waals surface area contributed by atoms with Crippen molar-refractivity contribution in [2.45, 2.75) is 32.8 Å². The van der Waals surface area contributed by atoms with E-state index in [9.17, 15) is 9.59 Å². The molecule has 0 bridgehead atoms. The third-order valence-corrected chi connectivity index (χ3v) is 5.75. The number of carbonyl (C=O) groups excluding carboxylic acids is 1. The Balaban J connectivity index is 1.59. The van der Waals surface area contributed by atoms with Gasteiger partial charge in [-0.3, -0.25) is 10.1 Å². The van der Waals surface area contributed by atoms with Crippen LogP contribution in [0, 0.1) is 0 Å². The number of carboxylic acids is 1. The maximum Gasteiger partial charge on any atom is 0.412 e. The molecule has 0 aliphatic rings. The molecule has 0 unspecified atom stereocenters. The number of aliphatic carboxylic acids is 1. The smallest absolute Gasteiger partial charge is 0.412 e. The Morgan fingerprint density at radius 1 is 1.00 bits per heavy atom. The molecule has 1 amide bonds. The minimum atomic E-state index is -0.853. The lowest BCUT2D eigenvalue weighted by molar-refractivity contribution is -0.136. The number of thiophene rings is 1. The Bertz CT molecular complexity index is 1310. The molecule has 0 saturated carbocycles. The van der Waals surface area contributed by atoms with Gasteiger partial charge in [0.25, 0.3) is 0 Å². The van der Waals surface area contributed by atoms with Crippen molar-refractivity contribution >= 4 is 39.3 Å². The van der Waals surface area contributed by atoms with Crippen LogP contribution in [0.15, 0.2) is 60.2 Å². The number of carboxylic acid groups (broad SMARTS) is 1. The van der Waals surface area contributed by atoms with E-state index in [2.05, 4.69) is 15.3 Å². The fourth-order valence-corrected chi connectivity index (χ4v) is 4.41. The molecule has 0 saturated heterocycles. The number of aromatic nitrogens is 2. The van der Waals surface area contributed by atoms with Crippen molar-refractivity contribution in [1.82, 2.24) is 9.97 Å². The number of nitrogens with one attached hydrogen (secondary N) is 1. The molecule has 8 heteroatoms. The monoisotopic (exact) mass is 461 g/mol. The second-order valence-corrected chi connectivity index (χ2v) is 9.40. The van der Waals surface area contributed by atoms with Crippen molar-refractivity contribution in [3.05, 3.63) is 65.8 Å². The van der Waals surface area contributed by atoms with Crippen LogP contribution < -0.4 is 5.32 Å². The fourth-order valence-electron chi connectivity index (χ4n) is 3.37. The number of rotatable bonds is 5. The summed E-state index contributed by atoms with van der Waals surface area (Å²) in [6.07, 6.45) is 1.03. The molecule has 0 aliphatic heterocycles. The molecular formula is C25H23N3O4S. The van der Waals surface area contributed by atoms with Gasteiger partial charge >= 0.3 is 12.1 Å². The molecule has 33 heavy (non-hydrogen) atoms. The number of hydrogen-bond acceptors (Lipinski definition) is 6. The summed E-state index contributed by atoms with van der Waals surface area (Å²) in [5, 5.41) is 13.7. The van der Waals surface area contributed by atoms with Crippen LogP contribution in [-0.2, 0) is 16.0 Å². The summed E-state index contributed by atoms with van der Waals surface area (Å²) >= 11 is 1.56. The van der Waals surface area contributed by atoms with E-state index in [1.165, 1.54) is 0 Å². The van der Waals surface area contributed by atoms with Gasteiger partial charge in [-0.2, -0.15) is 0 Å². The first-order valence-corrected chi connectivity index (χ1v) is 11.2. The number of benzene rings is 2. The van der Waals surface area contributed by atoms with E-state index in [-0.39, 0.29) is 6.42 Å². The number of carbonyl (C=O) groups is 2. The van der Waals surface area contributed by atoms with E-state index in [0.29, 0.717) is 5.69 Å². The maximum absolute atomic E-state index is 12.0. The number of amides is 1. The minimum Gasteiger partial charge on any atom is -0.481 e. The van der Waals surface area contributed by atoms with Gasteiger partial charge in [0.2, 0.25) is 0 Å². The Kier molecular flexibility index (Phi) is 6.11. The molecular weight excluding hydrogens is 438 g/mol. The predicted octanol–water partition coefficient (Wildman–Crippen LogP) is 6.00. The van der Waals surface area contributed by atoms with E-state index in [4.69, 9.17) is 9.84 Å². The van der Waals surface area contributed by atoms with Crippen molar-refractivity contribution in [3.8, 4) is 22.4 Å². The van der Waals surface area contributed by atoms with Crippen molar-refractivity contribution in [2.24, 2.45) is 0 Å². The van der Waals surface area contributed by atoms with Crippen LogP contribution in [0.3, 0.4) is 0 Å². The summed E-state index contributed by atoms with van der Waals surface area (Å²) < 4.78 is 6.24. The van der Waals surface area contributed by atoms with E-state index >= 15 is 0 Å². The first-order valence-electron chi connectivity index (χ1n) is 10.3. The number of fused-ring (bicyclic) bond motifs is 1.